The number of benzene rings is 1. The summed E-state index contributed by atoms with van der Waals surface area (Å²) in [5, 5.41) is 2.39. The second-order valence-corrected chi connectivity index (χ2v) is 6.18. The van der Waals surface area contributed by atoms with E-state index in [-0.39, 0.29) is 5.69 Å². The Morgan fingerprint density at radius 1 is 1.17 bits per heavy atom. The predicted molar refractivity (Wildman–Crippen MR) is 86.6 cm³/mol. The average Bonchev–Trinajstić information content (AvgIpc) is 2.97. The molecule has 2 heterocycles. The summed E-state index contributed by atoms with van der Waals surface area (Å²) in [5.74, 6) is -1.86. The number of aromatic nitrogens is 1. The fourth-order valence-electron chi connectivity index (χ4n) is 2.13. The van der Waals surface area contributed by atoms with Crippen LogP contribution in [0.4, 0.5) is 14.5 Å². The molecule has 6 heteroatoms. The fourth-order valence-corrected chi connectivity index (χ4v) is 3.01. The Bertz CT molecular complexity index is 877. The third-order valence-electron chi connectivity index (χ3n) is 3.20. The van der Waals surface area contributed by atoms with E-state index in [2.05, 4.69) is 10.3 Å². The highest BCUT2D eigenvalue weighted by Gasteiger charge is 2.16. The summed E-state index contributed by atoms with van der Waals surface area (Å²) in [6.45, 7) is 1.96. The number of carbonyl (C=O) groups excluding carboxylic acids is 1. The number of nitrogens with one attached hydrogen (secondary N) is 1. The van der Waals surface area contributed by atoms with Gasteiger partial charge in [-0.25, -0.2) is 8.78 Å². The number of nitrogens with zero attached hydrogens (tertiary/aromatic N) is 1. The van der Waals surface area contributed by atoms with Crippen LogP contribution in [0.1, 0.15) is 15.2 Å². The Hall–Kier alpha value is -2.60. The molecule has 0 unspecified atom stereocenters. The Labute approximate surface area is 135 Å². The van der Waals surface area contributed by atoms with Gasteiger partial charge < -0.3 is 5.32 Å². The molecule has 23 heavy (non-hydrogen) atoms. The van der Waals surface area contributed by atoms with Crippen molar-refractivity contribution in [3.63, 3.8) is 0 Å². The van der Waals surface area contributed by atoms with Crippen molar-refractivity contribution in [3.8, 4) is 10.6 Å². The van der Waals surface area contributed by atoms with Gasteiger partial charge in [-0.15, -0.1) is 11.3 Å². The van der Waals surface area contributed by atoms with Gasteiger partial charge in [0.25, 0.3) is 5.91 Å². The molecule has 0 saturated heterocycles. The Morgan fingerprint density at radius 2 is 2.00 bits per heavy atom. The molecule has 0 radical (unpaired) electrons. The number of thiophene rings is 1. The van der Waals surface area contributed by atoms with Gasteiger partial charge in [0, 0.05) is 17.1 Å². The van der Waals surface area contributed by atoms with Gasteiger partial charge >= 0.3 is 0 Å². The van der Waals surface area contributed by atoms with Gasteiger partial charge in [0.05, 0.1) is 21.8 Å². The van der Waals surface area contributed by atoms with Crippen LogP contribution in [-0.4, -0.2) is 10.9 Å². The number of amides is 1. The second-order valence-electron chi connectivity index (χ2n) is 4.89. The van der Waals surface area contributed by atoms with Crippen molar-refractivity contribution >= 4 is 22.9 Å². The van der Waals surface area contributed by atoms with Crippen LogP contribution in [-0.2, 0) is 0 Å². The lowest BCUT2D eigenvalue weighted by molar-refractivity contribution is 0.102. The van der Waals surface area contributed by atoms with Crippen molar-refractivity contribution in [3.05, 3.63) is 70.7 Å². The molecule has 1 N–H and O–H groups in total. The van der Waals surface area contributed by atoms with Crippen molar-refractivity contribution in [2.75, 3.05) is 5.32 Å². The van der Waals surface area contributed by atoms with Crippen LogP contribution < -0.4 is 5.32 Å². The SMILES string of the molecule is Cc1ccc(-c2ncccc2C(=O)Nc2cc(F)ccc2F)s1. The molecule has 0 aliphatic heterocycles. The first-order chi connectivity index (χ1) is 11.0. The van der Waals surface area contributed by atoms with Gasteiger partial charge in [0.2, 0.25) is 0 Å². The van der Waals surface area contributed by atoms with Gasteiger partial charge in [-0.3, -0.25) is 9.78 Å². The molecule has 0 saturated carbocycles. The van der Waals surface area contributed by atoms with Crippen LogP contribution in [0.5, 0.6) is 0 Å². The topological polar surface area (TPSA) is 42.0 Å². The molecule has 0 atom stereocenters. The molecule has 116 valence electrons. The van der Waals surface area contributed by atoms with Crippen LogP contribution in [0.25, 0.3) is 10.6 Å². The van der Waals surface area contributed by atoms with E-state index in [9.17, 15) is 13.6 Å². The quantitative estimate of drug-likeness (QED) is 0.759. The number of carbonyl (C=O) groups is 1. The normalized spacial score (nSPS) is 10.6. The van der Waals surface area contributed by atoms with Crippen LogP contribution in [0, 0.1) is 18.6 Å². The highest BCUT2D eigenvalue weighted by atomic mass is 32.1. The summed E-state index contributed by atoms with van der Waals surface area (Å²) in [6, 6.07) is 9.94. The molecule has 1 amide bonds. The molecule has 0 spiro atoms. The first kappa shape index (κ1) is 15.3. The monoisotopic (exact) mass is 330 g/mol. The number of halogens is 2. The van der Waals surface area contributed by atoms with E-state index in [1.165, 1.54) is 11.3 Å². The lowest BCUT2D eigenvalue weighted by Crippen LogP contribution is -2.14. The second kappa shape index (κ2) is 6.26. The summed E-state index contributed by atoms with van der Waals surface area (Å²) >= 11 is 1.51. The summed E-state index contributed by atoms with van der Waals surface area (Å²) in [6.07, 6.45) is 1.59. The van der Waals surface area contributed by atoms with Gasteiger partial charge in [0.15, 0.2) is 0 Å². The summed E-state index contributed by atoms with van der Waals surface area (Å²) < 4.78 is 26.9. The van der Waals surface area contributed by atoms with Gasteiger partial charge in [-0.1, -0.05) is 0 Å². The highest BCUT2D eigenvalue weighted by molar-refractivity contribution is 7.15. The van der Waals surface area contributed by atoms with E-state index in [0.29, 0.717) is 11.3 Å². The summed E-state index contributed by atoms with van der Waals surface area (Å²) in [4.78, 5) is 18.6. The zero-order valence-electron chi connectivity index (χ0n) is 12.1. The lowest BCUT2D eigenvalue weighted by Gasteiger charge is -2.09. The minimum Gasteiger partial charge on any atom is -0.319 e. The fraction of sp³-hybridized carbons (Fsp3) is 0.0588. The highest BCUT2D eigenvalue weighted by Crippen LogP contribution is 2.29. The molecular weight excluding hydrogens is 318 g/mol. The Balaban J connectivity index is 1.96. The van der Waals surface area contributed by atoms with Gasteiger partial charge in [-0.2, -0.15) is 0 Å². The molecule has 0 aliphatic carbocycles. The maximum absolute atomic E-state index is 13.7. The molecule has 3 rings (SSSR count). The van der Waals surface area contributed by atoms with E-state index in [1.807, 2.05) is 19.1 Å². The summed E-state index contributed by atoms with van der Waals surface area (Å²) in [5.41, 5.74) is 0.616. The van der Waals surface area contributed by atoms with Gasteiger partial charge in [-0.05, 0) is 43.3 Å². The smallest absolute Gasteiger partial charge is 0.257 e. The molecule has 1 aromatic carbocycles. The first-order valence-electron chi connectivity index (χ1n) is 6.83. The van der Waals surface area contributed by atoms with E-state index in [4.69, 9.17) is 0 Å². The number of hydrogen-bond acceptors (Lipinski definition) is 3. The lowest BCUT2D eigenvalue weighted by atomic mass is 10.1. The molecular formula is C17H12F2N2OS. The van der Waals surface area contributed by atoms with E-state index in [0.717, 1.165) is 28.0 Å². The zero-order chi connectivity index (χ0) is 16.4. The van der Waals surface area contributed by atoms with Crippen LogP contribution in [0.3, 0.4) is 0 Å². The van der Waals surface area contributed by atoms with Crippen LogP contribution >= 0.6 is 11.3 Å². The van der Waals surface area contributed by atoms with Crippen molar-refractivity contribution in [2.24, 2.45) is 0 Å². The van der Waals surface area contributed by atoms with E-state index in [1.54, 1.807) is 18.3 Å². The van der Waals surface area contributed by atoms with Gasteiger partial charge in [0.1, 0.15) is 11.6 Å². The molecule has 0 bridgehead atoms. The number of aryl methyl sites for hydroxylation is 1. The number of anilines is 1. The largest absolute Gasteiger partial charge is 0.319 e. The standard InChI is InChI=1S/C17H12F2N2OS/c1-10-4-7-15(23-10)16-12(3-2-8-20-16)17(22)21-14-9-11(18)5-6-13(14)19/h2-9H,1H3,(H,21,22). The van der Waals surface area contributed by atoms with Crippen molar-refractivity contribution in [1.82, 2.24) is 4.98 Å². The van der Waals surface area contributed by atoms with Crippen molar-refractivity contribution < 1.29 is 13.6 Å². The van der Waals surface area contributed by atoms with Crippen molar-refractivity contribution in [2.45, 2.75) is 6.92 Å². The number of rotatable bonds is 3. The number of pyridine rings is 1. The molecule has 3 aromatic rings. The third-order valence-corrected chi connectivity index (χ3v) is 4.21. The number of hydrogen-bond donors (Lipinski definition) is 1. The molecule has 3 nitrogen and oxygen atoms in total. The Morgan fingerprint density at radius 3 is 2.74 bits per heavy atom. The molecule has 0 aliphatic rings. The third kappa shape index (κ3) is 3.27. The molecule has 2 aromatic heterocycles. The average molecular weight is 330 g/mol. The molecule has 0 fully saturated rings. The maximum Gasteiger partial charge on any atom is 0.257 e. The summed E-state index contributed by atoms with van der Waals surface area (Å²) in [7, 11) is 0. The Kier molecular flexibility index (Phi) is 4.16. The predicted octanol–water partition coefficient (Wildman–Crippen LogP) is 4.65. The van der Waals surface area contributed by atoms with Crippen LogP contribution in [0.15, 0.2) is 48.7 Å². The van der Waals surface area contributed by atoms with Crippen molar-refractivity contribution in [1.29, 1.82) is 0 Å². The van der Waals surface area contributed by atoms with E-state index < -0.39 is 17.5 Å². The first-order valence-corrected chi connectivity index (χ1v) is 7.64. The minimum absolute atomic E-state index is 0.202. The zero-order valence-corrected chi connectivity index (χ0v) is 13.0. The van der Waals surface area contributed by atoms with E-state index >= 15 is 0 Å². The minimum atomic E-state index is -0.697. The van der Waals surface area contributed by atoms with Crippen LogP contribution in [0.2, 0.25) is 0 Å². The maximum atomic E-state index is 13.7.